The molecule has 0 saturated heterocycles. The van der Waals surface area contributed by atoms with E-state index in [2.05, 4.69) is 60.8 Å². The summed E-state index contributed by atoms with van der Waals surface area (Å²) >= 11 is 0. The maximum Gasteiger partial charge on any atom is 0.311 e. The van der Waals surface area contributed by atoms with Gasteiger partial charge in [-0.3, -0.25) is 14.4 Å². The van der Waals surface area contributed by atoms with Gasteiger partial charge < -0.3 is 15.4 Å². The molecule has 42 heavy (non-hydrogen) atoms. The van der Waals surface area contributed by atoms with Crippen molar-refractivity contribution in [1.82, 2.24) is 15.0 Å². The number of carbonyl (C=O) groups excluding carboxylic acids is 3. The summed E-state index contributed by atoms with van der Waals surface area (Å²) in [7, 11) is 1.49. The molecule has 1 saturated carbocycles. The minimum absolute atomic E-state index is 0.0138. The predicted molar refractivity (Wildman–Crippen MR) is 162 cm³/mol. The standard InChI is InChI=1S/C33H41N5O4/c1-20(2)24-11-13-26-25(12-14-28-32(26,4)15-8-16-33(28,5)31(41)42-6)30(24)35-29(40)19-38-18-27(36-37-38)22-9-7-10-23(17-22)34-21(3)39/h7,9-11,13,17-18,20,28H,8,12,14-16,19H2,1-6H3,(H,34,39)(H,35,40)/t28-,32-,33-/m1/s1. The molecule has 0 unspecified atom stereocenters. The lowest BCUT2D eigenvalue weighted by Gasteiger charge is -2.54. The van der Waals surface area contributed by atoms with Crippen LogP contribution in [-0.4, -0.2) is 39.9 Å². The molecule has 1 fully saturated rings. The molecule has 2 N–H and O–H groups in total. The van der Waals surface area contributed by atoms with E-state index in [4.69, 9.17) is 4.74 Å². The van der Waals surface area contributed by atoms with E-state index < -0.39 is 5.41 Å². The third-order valence-electron chi connectivity index (χ3n) is 9.43. The maximum absolute atomic E-state index is 13.4. The molecule has 0 bridgehead atoms. The fourth-order valence-electron chi connectivity index (χ4n) is 7.48. The van der Waals surface area contributed by atoms with Crippen LogP contribution in [0.3, 0.4) is 0 Å². The second-order valence-electron chi connectivity index (χ2n) is 12.6. The van der Waals surface area contributed by atoms with Crippen molar-refractivity contribution in [3.8, 4) is 11.3 Å². The molecule has 2 aliphatic carbocycles. The molecule has 9 nitrogen and oxygen atoms in total. The average Bonchev–Trinajstić information content (AvgIpc) is 3.40. The summed E-state index contributed by atoms with van der Waals surface area (Å²) in [5, 5.41) is 14.5. The van der Waals surface area contributed by atoms with Crippen molar-refractivity contribution in [2.75, 3.05) is 17.7 Å². The first-order valence-electron chi connectivity index (χ1n) is 14.8. The molecule has 2 aromatic carbocycles. The van der Waals surface area contributed by atoms with Crippen LogP contribution < -0.4 is 10.6 Å². The van der Waals surface area contributed by atoms with Gasteiger partial charge in [-0.1, -0.05) is 56.7 Å². The van der Waals surface area contributed by atoms with E-state index in [1.807, 2.05) is 24.3 Å². The fourth-order valence-corrected chi connectivity index (χ4v) is 7.48. The van der Waals surface area contributed by atoms with E-state index in [9.17, 15) is 14.4 Å². The highest BCUT2D eigenvalue weighted by Gasteiger charge is 2.56. The summed E-state index contributed by atoms with van der Waals surface area (Å²) in [6.07, 6.45) is 6.17. The van der Waals surface area contributed by atoms with Gasteiger partial charge in [0.15, 0.2) is 0 Å². The van der Waals surface area contributed by atoms with Gasteiger partial charge in [-0.15, -0.1) is 5.10 Å². The quantitative estimate of drug-likeness (QED) is 0.344. The Morgan fingerprint density at radius 2 is 1.90 bits per heavy atom. The van der Waals surface area contributed by atoms with Crippen LogP contribution in [0.4, 0.5) is 11.4 Å². The lowest BCUT2D eigenvalue weighted by molar-refractivity contribution is -0.161. The van der Waals surface area contributed by atoms with Crippen LogP contribution in [0.25, 0.3) is 11.3 Å². The zero-order valence-electron chi connectivity index (χ0n) is 25.4. The Morgan fingerprint density at radius 1 is 1.12 bits per heavy atom. The summed E-state index contributed by atoms with van der Waals surface area (Å²) in [6, 6.07) is 11.7. The number of esters is 1. The molecule has 0 aliphatic heterocycles. The number of carbonyl (C=O) groups is 3. The van der Waals surface area contributed by atoms with Gasteiger partial charge >= 0.3 is 5.97 Å². The summed E-state index contributed by atoms with van der Waals surface area (Å²) in [5.74, 6) is -0.0595. The highest BCUT2D eigenvalue weighted by molar-refractivity contribution is 5.93. The molecule has 0 radical (unpaired) electrons. The van der Waals surface area contributed by atoms with Gasteiger partial charge in [0.1, 0.15) is 12.2 Å². The van der Waals surface area contributed by atoms with E-state index >= 15 is 0 Å². The highest BCUT2D eigenvalue weighted by atomic mass is 16.5. The van der Waals surface area contributed by atoms with Crippen molar-refractivity contribution in [3.05, 3.63) is 59.3 Å². The van der Waals surface area contributed by atoms with E-state index in [1.165, 1.54) is 29.8 Å². The molecular weight excluding hydrogens is 530 g/mol. The van der Waals surface area contributed by atoms with Gasteiger partial charge in [-0.25, -0.2) is 4.68 Å². The summed E-state index contributed by atoms with van der Waals surface area (Å²) < 4.78 is 6.81. The largest absolute Gasteiger partial charge is 0.469 e. The SMILES string of the molecule is COC(=O)[C@]1(C)CCC[C@]2(C)c3ccc(C(C)C)c(NC(=O)Cn4cc(-c5cccc(NC(C)=O)c5)nn4)c3CC[C@@H]12. The molecule has 2 aliphatic rings. The summed E-state index contributed by atoms with van der Waals surface area (Å²) in [5.41, 5.74) is 5.77. The number of methoxy groups -OCH3 is 1. The number of aromatic nitrogens is 3. The first-order valence-corrected chi connectivity index (χ1v) is 14.8. The second-order valence-corrected chi connectivity index (χ2v) is 12.6. The highest BCUT2D eigenvalue weighted by Crippen LogP contribution is 2.58. The molecule has 1 heterocycles. The fraction of sp³-hybridized carbons (Fsp3) is 0.485. The Morgan fingerprint density at radius 3 is 2.62 bits per heavy atom. The molecule has 2 amide bonds. The normalized spacial score (nSPS) is 23.1. The van der Waals surface area contributed by atoms with Crippen molar-refractivity contribution in [1.29, 1.82) is 0 Å². The van der Waals surface area contributed by atoms with E-state index in [-0.39, 0.29) is 41.6 Å². The number of hydrogen-bond donors (Lipinski definition) is 2. The Balaban J connectivity index is 1.41. The topological polar surface area (TPSA) is 115 Å². The third-order valence-corrected chi connectivity index (χ3v) is 9.43. The van der Waals surface area contributed by atoms with Crippen LogP contribution in [-0.2, 0) is 37.5 Å². The predicted octanol–water partition coefficient (Wildman–Crippen LogP) is 5.85. The molecule has 1 aromatic heterocycles. The lowest BCUT2D eigenvalue weighted by atomic mass is 9.49. The zero-order valence-corrected chi connectivity index (χ0v) is 25.4. The summed E-state index contributed by atoms with van der Waals surface area (Å²) in [4.78, 5) is 37.9. The van der Waals surface area contributed by atoms with Crippen LogP contribution in [0.15, 0.2) is 42.6 Å². The van der Waals surface area contributed by atoms with Crippen LogP contribution >= 0.6 is 0 Å². The number of hydrogen-bond acceptors (Lipinski definition) is 6. The minimum atomic E-state index is -0.522. The molecule has 3 aromatic rings. The van der Waals surface area contributed by atoms with E-state index in [1.54, 1.807) is 6.20 Å². The Hall–Kier alpha value is -4.01. The Bertz CT molecular complexity index is 1530. The van der Waals surface area contributed by atoms with Gasteiger partial charge in [0.25, 0.3) is 0 Å². The van der Waals surface area contributed by atoms with Gasteiger partial charge in [0.05, 0.1) is 18.7 Å². The molecule has 222 valence electrons. The number of ether oxygens (including phenoxy) is 1. The summed E-state index contributed by atoms with van der Waals surface area (Å²) in [6.45, 7) is 10.1. The Kier molecular flexibility index (Phi) is 7.96. The first kappa shape index (κ1) is 29.5. The molecule has 0 spiro atoms. The van der Waals surface area contributed by atoms with Crippen molar-refractivity contribution in [2.45, 2.75) is 84.6 Å². The number of benzene rings is 2. The van der Waals surface area contributed by atoms with Gasteiger partial charge in [-0.2, -0.15) is 0 Å². The Labute approximate surface area is 247 Å². The van der Waals surface area contributed by atoms with Gasteiger partial charge in [0.2, 0.25) is 11.8 Å². The average molecular weight is 572 g/mol. The van der Waals surface area contributed by atoms with Crippen molar-refractivity contribution >= 4 is 29.2 Å². The van der Waals surface area contributed by atoms with Crippen LogP contribution in [0.1, 0.15) is 82.9 Å². The molecule has 3 atom stereocenters. The smallest absolute Gasteiger partial charge is 0.311 e. The van der Waals surface area contributed by atoms with Gasteiger partial charge in [0, 0.05) is 23.9 Å². The van der Waals surface area contributed by atoms with E-state index in [0.717, 1.165) is 48.9 Å². The molecule has 9 heteroatoms. The monoisotopic (exact) mass is 571 g/mol. The first-order chi connectivity index (χ1) is 20.0. The maximum atomic E-state index is 13.4. The van der Waals surface area contributed by atoms with Crippen molar-refractivity contribution in [2.24, 2.45) is 11.3 Å². The number of anilines is 2. The van der Waals surface area contributed by atoms with Gasteiger partial charge in [-0.05, 0) is 78.7 Å². The number of fused-ring (bicyclic) bond motifs is 3. The van der Waals surface area contributed by atoms with E-state index in [0.29, 0.717) is 11.4 Å². The van der Waals surface area contributed by atoms with Crippen LogP contribution in [0.5, 0.6) is 0 Å². The number of nitrogens with one attached hydrogen (secondary N) is 2. The van der Waals surface area contributed by atoms with Crippen molar-refractivity contribution in [3.63, 3.8) is 0 Å². The zero-order chi connectivity index (χ0) is 30.2. The van der Waals surface area contributed by atoms with Crippen molar-refractivity contribution < 1.29 is 19.1 Å². The number of rotatable bonds is 7. The van der Waals surface area contributed by atoms with Crippen LogP contribution in [0.2, 0.25) is 0 Å². The second kappa shape index (κ2) is 11.3. The lowest BCUT2D eigenvalue weighted by Crippen LogP contribution is -2.52. The number of nitrogens with zero attached hydrogens (tertiary/aromatic N) is 3. The molecular formula is C33H41N5O4. The number of amides is 2. The minimum Gasteiger partial charge on any atom is -0.469 e. The molecule has 5 rings (SSSR count). The third kappa shape index (κ3) is 5.32. The van der Waals surface area contributed by atoms with Crippen LogP contribution in [0, 0.1) is 11.3 Å².